The van der Waals surface area contributed by atoms with Crippen LogP contribution in [0.1, 0.15) is 45.1 Å². The number of para-hydroxylation sites is 1. The molecule has 0 amide bonds. The lowest BCUT2D eigenvalue weighted by atomic mass is 9.72. The van der Waals surface area contributed by atoms with Gasteiger partial charge in [0.1, 0.15) is 6.17 Å². The van der Waals surface area contributed by atoms with Gasteiger partial charge in [0.15, 0.2) is 5.82 Å². The van der Waals surface area contributed by atoms with E-state index in [9.17, 15) is 0 Å². The van der Waals surface area contributed by atoms with Crippen molar-refractivity contribution in [2.75, 3.05) is 16.8 Å². The SMILES string of the molecule is CCC1(CC)CCC2N(C)c3cccnc3N2c2ccccc21. The highest BCUT2D eigenvalue weighted by Gasteiger charge is 2.43. The molecule has 0 saturated heterocycles. The Bertz CT molecular complexity index is 720. The molecule has 3 heteroatoms. The fraction of sp³-hybridized carbons (Fsp3) is 0.450. The van der Waals surface area contributed by atoms with Crippen molar-refractivity contribution in [3.05, 3.63) is 48.2 Å². The highest BCUT2D eigenvalue weighted by molar-refractivity contribution is 5.82. The highest BCUT2D eigenvalue weighted by Crippen LogP contribution is 2.51. The van der Waals surface area contributed by atoms with Crippen LogP contribution in [-0.2, 0) is 5.41 Å². The number of nitrogens with zero attached hydrogens (tertiary/aromatic N) is 3. The van der Waals surface area contributed by atoms with Gasteiger partial charge in [-0.15, -0.1) is 0 Å². The van der Waals surface area contributed by atoms with Crippen molar-refractivity contribution in [2.45, 2.75) is 51.1 Å². The Morgan fingerprint density at radius 3 is 2.61 bits per heavy atom. The van der Waals surface area contributed by atoms with Crippen LogP contribution in [0.15, 0.2) is 42.6 Å². The molecule has 2 aliphatic heterocycles. The van der Waals surface area contributed by atoms with Gasteiger partial charge >= 0.3 is 0 Å². The zero-order chi connectivity index (χ0) is 16.0. The van der Waals surface area contributed by atoms with E-state index in [0.29, 0.717) is 6.17 Å². The van der Waals surface area contributed by atoms with Crippen LogP contribution in [0.3, 0.4) is 0 Å². The minimum atomic E-state index is 0.288. The molecule has 3 heterocycles. The Morgan fingerprint density at radius 2 is 1.83 bits per heavy atom. The quantitative estimate of drug-likeness (QED) is 0.791. The maximum atomic E-state index is 4.72. The Labute approximate surface area is 139 Å². The van der Waals surface area contributed by atoms with Crippen LogP contribution in [-0.4, -0.2) is 18.2 Å². The summed E-state index contributed by atoms with van der Waals surface area (Å²) >= 11 is 0. The lowest BCUT2D eigenvalue weighted by Crippen LogP contribution is -2.38. The third-order valence-electron chi connectivity index (χ3n) is 6.09. The largest absolute Gasteiger partial charge is 0.351 e. The van der Waals surface area contributed by atoms with E-state index in [-0.39, 0.29) is 5.41 Å². The van der Waals surface area contributed by atoms with E-state index < -0.39 is 0 Å². The number of hydrogen-bond acceptors (Lipinski definition) is 3. The summed E-state index contributed by atoms with van der Waals surface area (Å²) in [7, 11) is 2.21. The molecule has 2 aliphatic rings. The second kappa shape index (κ2) is 5.26. The Morgan fingerprint density at radius 1 is 1.09 bits per heavy atom. The van der Waals surface area contributed by atoms with Crippen molar-refractivity contribution in [1.29, 1.82) is 0 Å². The minimum absolute atomic E-state index is 0.288. The molecule has 0 bridgehead atoms. The summed E-state index contributed by atoms with van der Waals surface area (Å²) < 4.78 is 0. The normalized spacial score (nSPS) is 21.4. The Balaban J connectivity index is 1.95. The number of benzene rings is 1. The number of hydrogen-bond donors (Lipinski definition) is 0. The van der Waals surface area contributed by atoms with Crippen LogP contribution >= 0.6 is 0 Å². The fourth-order valence-corrected chi connectivity index (χ4v) is 4.58. The molecule has 1 atom stereocenters. The van der Waals surface area contributed by atoms with E-state index in [2.05, 4.69) is 61.0 Å². The first-order valence-electron chi connectivity index (χ1n) is 8.78. The molecule has 4 rings (SSSR count). The van der Waals surface area contributed by atoms with Crippen molar-refractivity contribution in [3.8, 4) is 0 Å². The van der Waals surface area contributed by atoms with Gasteiger partial charge in [0.25, 0.3) is 0 Å². The van der Waals surface area contributed by atoms with E-state index >= 15 is 0 Å². The third kappa shape index (κ3) is 1.92. The molecular formula is C20H25N3. The van der Waals surface area contributed by atoms with Crippen LogP contribution in [0.5, 0.6) is 0 Å². The van der Waals surface area contributed by atoms with Gasteiger partial charge in [-0.2, -0.15) is 0 Å². The maximum absolute atomic E-state index is 4.72. The molecule has 3 nitrogen and oxygen atoms in total. The van der Waals surface area contributed by atoms with Gasteiger partial charge in [0.2, 0.25) is 0 Å². The second-order valence-electron chi connectivity index (χ2n) is 6.85. The summed E-state index contributed by atoms with van der Waals surface area (Å²) in [5, 5.41) is 0. The first-order chi connectivity index (χ1) is 11.2. The van der Waals surface area contributed by atoms with Gasteiger partial charge in [-0.1, -0.05) is 32.0 Å². The molecule has 2 aromatic rings. The predicted octanol–water partition coefficient (Wildman–Crippen LogP) is 4.85. The van der Waals surface area contributed by atoms with E-state index in [1.165, 1.54) is 42.6 Å². The fourth-order valence-electron chi connectivity index (χ4n) is 4.58. The topological polar surface area (TPSA) is 19.4 Å². The molecule has 0 aliphatic carbocycles. The van der Waals surface area contributed by atoms with Crippen molar-refractivity contribution in [1.82, 2.24) is 4.98 Å². The average Bonchev–Trinajstić information content (AvgIpc) is 2.80. The lowest BCUT2D eigenvalue weighted by Gasteiger charge is -2.33. The molecule has 1 unspecified atom stereocenters. The number of fused-ring (bicyclic) bond motifs is 5. The standard InChI is InChI=1S/C20H25N3/c1-4-20(5-2)13-12-18-22(3)17-11-8-14-21-19(17)23(18)16-10-7-6-9-15(16)20/h6-11,14,18H,4-5,12-13H2,1-3H3. The first-order valence-corrected chi connectivity index (χ1v) is 8.78. The molecular weight excluding hydrogens is 282 g/mol. The predicted molar refractivity (Wildman–Crippen MR) is 96.5 cm³/mol. The Hall–Kier alpha value is -2.03. The minimum Gasteiger partial charge on any atom is -0.351 e. The average molecular weight is 307 g/mol. The molecule has 0 saturated carbocycles. The Kier molecular flexibility index (Phi) is 3.33. The van der Waals surface area contributed by atoms with Gasteiger partial charge < -0.3 is 9.80 Å². The van der Waals surface area contributed by atoms with Gasteiger partial charge in [0, 0.05) is 18.9 Å². The molecule has 0 N–H and O–H groups in total. The van der Waals surface area contributed by atoms with E-state index in [4.69, 9.17) is 4.98 Å². The monoisotopic (exact) mass is 307 g/mol. The molecule has 0 spiro atoms. The van der Waals surface area contributed by atoms with Crippen LogP contribution in [0.4, 0.5) is 17.2 Å². The number of rotatable bonds is 2. The first kappa shape index (κ1) is 14.6. The van der Waals surface area contributed by atoms with Crippen molar-refractivity contribution in [2.24, 2.45) is 0 Å². The summed E-state index contributed by atoms with van der Waals surface area (Å²) in [5.74, 6) is 1.11. The molecule has 1 aromatic carbocycles. The summed E-state index contributed by atoms with van der Waals surface area (Å²) in [5.41, 5.74) is 4.38. The van der Waals surface area contributed by atoms with Crippen LogP contribution < -0.4 is 9.80 Å². The van der Waals surface area contributed by atoms with Crippen molar-refractivity contribution >= 4 is 17.2 Å². The number of pyridine rings is 1. The summed E-state index contributed by atoms with van der Waals surface area (Å²) in [6.45, 7) is 4.68. The van der Waals surface area contributed by atoms with Gasteiger partial charge in [0.05, 0.1) is 5.69 Å². The highest BCUT2D eigenvalue weighted by atomic mass is 15.4. The molecule has 23 heavy (non-hydrogen) atoms. The van der Waals surface area contributed by atoms with Gasteiger partial charge in [-0.05, 0) is 54.9 Å². The molecule has 0 radical (unpaired) electrons. The van der Waals surface area contributed by atoms with E-state index in [1.54, 1.807) is 0 Å². The van der Waals surface area contributed by atoms with Crippen LogP contribution in [0.25, 0.3) is 0 Å². The molecule has 0 fully saturated rings. The number of anilines is 3. The molecule has 1 aromatic heterocycles. The third-order valence-corrected chi connectivity index (χ3v) is 6.09. The van der Waals surface area contributed by atoms with Gasteiger partial charge in [-0.25, -0.2) is 4.98 Å². The van der Waals surface area contributed by atoms with E-state index in [0.717, 1.165) is 5.82 Å². The van der Waals surface area contributed by atoms with Crippen molar-refractivity contribution in [3.63, 3.8) is 0 Å². The van der Waals surface area contributed by atoms with Crippen LogP contribution in [0.2, 0.25) is 0 Å². The van der Waals surface area contributed by atoms with Crippen LogP contribution in [0, 0.1) is 0 Å². The zero-order valence-electron chi connectivity index (χ0n) is 14.3. The van der Waals surface area contributed by atoms with Crippen molar-refractivity contribution < 1.29 is 0 Å². The number of aromatic nitrogens is 1. The summed E-state index contributed by atoms with van der Waals surface area (Å²) in [6, 6.07) is 13.2. The molecule has 120 valence electrons. The second-order valence-corrected chi connectivity index (χ2v) is 6.85. The van der Waals surface area contributed by atoms with Gasteiger partial charge in [-0.3, -0.25) is 0 Å². The maximum Gasteiger partial charge on any atom is 0.158 e. The lowest BCUT2D eigenvalue weighted by molar-refractivity contribution is 0.353. The van der Waals surface area contributed by atoms with E-state index in [1.807, 2.05) is 12.3 Å². The summed E-state index contributed by atoms with van der Waals surface area (Å²) in [6.07, 6.45) is 7.08. The smallest absolute Gasteiger partial charge is 0.158 e. The summed E-state index contributed by atoms with van der Waals surface area (Å²) in [4.78, 5) is 9.59. The zero-order valence-corrected chi connectivity index (χ0v) is 14.3.